The minimum atomic E-state index is -0.394. The zero-order valence-electron chi connectivity index (χ0n) is 13.7. The van der Waals surface area contributed by atoms with Crippen molar-refractivity contribution in [3.05, 3.63) is 52.2 Å². The minimum absolute atomic E-state index is 0.130. The fourth-order valence-corrected chi connectivity index (χ4v) is 2.77. The van der Waals surface area contributed by atoms with Gasteiger partial charge in [-0.15, -0.1) is 0 Å². The first-order chi connectivity index (χ1) is 11.6. The lowest BCUT2D eigenvalue weighted by molar-refractivity contribution is 0.0948. The zero-order valence-corrected chi connectivity index (χ0v) is 13.7. The fraction of sp³-hybridized carbons (Fsp3) is 0.412. The van der Waals surface area contributed by atoms with Gasteiger partial charge in [0, 0.05) is 32.5 Å². The molecule has 7 heteroatoms. The van der Waals surface area contributed by atoms with Crippen molar-refractivity contribution < 1.29 is 4.79 Å². The number of aryl methyl sites for hydroxylation is 1. The molecule has 1 N–H and O–H groups in total. The number of hydrogen-bond acceptors (Lipinski definition) is 5. The number of aromatic nitrogens is 3. The summed E-state index contributed by atoms with van der Waals surface area (Å²) in [6.45, 7) is 2.20. The maximum absolute atomic E-state index is 12.2. The highest BCUT2D eigenvalue weighted by Gasteiger charge is 2.14. The quantitative estimate of drug-likeness (QED) is 0.909. The van der Waals surface area contributed by atoms with E-state index in [1.54, 1.807) is 31.6 Å². The lowest BCUT2D eigenvalue weighted by atomic mass is 10.1. The summed E-state index contributed by atoms with van der Waals surface area (Å²) in [5.74, 6) is 0.311. The predicted octanol–water partition coefficient (Wildman–Crippen LogP) is 1.10. The third-order valence-electron chi connectivity index (χ3n) is 4.14. The van der Waals surface area contributed by atoms with Gasteiger partial charge in [0.2, 0.25) is 5.95 Å². The van der Waals surface area contributed by atoms with Crippen molar-refractivity contribution in [2.75, 3.05) is 18.0 Å². The van der Waals surface area contributed by atoms with Gasteiger partial charge < -0.3 is 14.8 Å². The van der Waals surface area contributed by atoms with Crippen LogP contribution < -0.4 is 15.8 Å². The van der Waals surface area contributed by atoms with E-state index >= 15 is 0 Å². The van der Waals surface area contributed by atoms with Gasteiger partial charge in [-0.2, -0.15) is 0 Å². The second kappa shape index (κ2) is 7.25. The van der Waals surface area contributed by atoms with Crippen molar-refractivity contribution in [3.8, 4) is 0 Å². The Morgan fingerprint density at radius 2 is 2.04 bits per heavy atom. The third kappa shape index (κ3) is 3.61. The molecule has 2 aromatic heterocycles. The van der Waals surface area contributed by atoms with Crippen LogP contribution in [0.25, 0.3) is 0 Å². The van der Waals surface area contributed by atoms with Gasteiger partial charge in [0.05, 0.1) is 12.2 Å². The van der Waals surface area contributed by atoms with Gasteiger partial charge in [-0.05, 0) is 37.5 Å². The highest BCUT2D eigenvalue weighted by atomic mass is 16.2. The van der Waals surface area contributed by atoms with Crippen LogP contribution in [0.4, 0.5) is 5.95 Å². The maximum atomic E-state index is 12.2. The maximum Gasteiger partial charge on any atom is 0.263 e. The first kappa shape index (κ1) is 16.2. The molecule has 0 radical (unpaired) electrons. The number of carbonyl (C=O) groups is 1. The highest BCUT2D eigenvalue weighted by Crippen LogP contribution is 2.15. The van der Waals surface area contributed by atoms with E-state index in [9.17, 15) is 9.59 Å². The van der Waals surface area contributed by atoms with E-state index in [-0.39, 0.29) is 17.7 Å². The lowest BCUT2D eigenvalue weighted by Gasteiger charge is -2.26. The van der Waals surface area contributed by atoms with Crippen LogP contribution in [0.1, 0.15) is 35.3 Å². The third-order valence-corrected chi connectivity index (χ3v) is 4.14. The average molecular weight is 327 g/mol. The molecule has 1 aliphatic rings. The number of rotatable bonds is 4. The van der Waals surface area contributed by atoms with Crippen LogP contribution in [0.3, 0.4) is 0 Å². The Morgan fingerprint density at radius 3 is 2.83 bits per heavy atom. The second-order valence-corrected chi connectivity index (χ2v) is 5.92. The molecule has 3 heterocycles. The number of carbonyl (C=O) groups excluding carboxylic acids is 1. The van der Waals surface area contributed by atoms with Gasteiger partial charge in [-0.3, -0.25) is 9.59 Å². The number of pyridine rings is 1. The number of nitrogens with one attached hydrogen (secondary N) is 1. The Hall–Kier alpha value is -2.70. The van der Waals surface area contributed by atoms with Crippen LogP contribution in [-0.4, -0.2) is 33.5 Å². The standard InChI is InChI=1S/C17H21N5O2/c1-21-9-5-6-14(16(21)24)15(23)19-12-13-7-8-18-17(20-13)22-10-3-2-4-11-22/h5-9H,2-4,10-12H2,1H3,(H,19,23). The molecule has 24 heavy (non-hydrogen) atoms. The Kier molecular flexibility index (Phi) is 4.88. The molecule has 0 aromatic carbocycles. The summed E-state index contributed by atoms with van der Waals surface area (Å²) in [5, 5.41) is 2.75. The summed E-state index contributed by atoms with van der Waals surface area (Å²) in [6, 6.07) is 4.98. The van der Waals surface area contributed by atoms with Crippen LogP contribution in [0, 0.1) is 0 Å². The van der Waals surface area contributed by atoms with Crippen LogP contribution in [0.15, 0.2) is 35.4 Å². The van der Waals surface area contributed by atoms with E-state index in [4.69, 9.17) is 0 Å². The van der Waals surface area contributed by atoms with Crippen molar-refractivity contribution >= 4 is 11.9 Å². The predicted molar refractivity (Wildman–Crippen MR) is 90.9 cm³/mol. The zero-order chi connectivity index (χ0) is 16.9. The van der Waals surface area contributed by atoms with Crippen molar-refractivity contribution in [3.63, 3.8) is 0 Å². The molecule has 2 aromatic rings. The topological polar surface area (TPSA) is 80.1 Å². The Bertz CT molecular complexity index is 781. The second-order valence-electron chi connectivity index (χ2n) is 5.92. The van der Waals surface area contributed by atoms with Gasteiger partial charge in [0.25, 0.3) is 11.5 Å². The molecule has 7 nitrogen and oxygen atoms in total. The number of amides is 1. The Morgan fingerprint density at radius 1 is 1.25 bits per heavy atom. The molecule has 0 unspecified atom stereocenters. The van der Waals surface area contributed by atoms with Crippen LogP contribution >= 0.6 is 0 Å². The minimum Gasteiger partial charge on any atom is -0.346 e. The molecule has 1 amide bonds. The average Bonchev–Trinajstić information content (AvgIpc) is 2.63. The molecular weight excluding hydrogens is 306 g/mol. The van der Waals surface area contributed by atoms with Gasteiger partial charge in [0.1, 0.15) is 5.56 Å². The van der Waals surface area contributed by atoms with E-state index in [2.05, 4.69) is 20.2 Å². The van der Waals surface area contributed by atoms with Crippen LogP contribution in [-0.2, 0) is 13.6 Å². The van der Waals surface area contributed by atoms with Crippen molar-refractivity contribution in [2.45, 2.75) is 25.8 Å². The smallest absolute Gasteiger partial charge is 0.263 e. The Balaban J connectivity index is 1.67. The van der Waals surface area contributed by atoms with Crippen LogP contribution in [0.2, 0.25) is 0 Å². The fourth-order valence-electron chi connectivity index (χ4n) is 2.77. The molecular formula is C17H21N5O2. The summed E-state index contributed by atoms with van der Waals surface area (Å²) < 4.78 is 1.38. The normalized spacial score (nSPS) is 14.5. The summed E-state index contributed by atoms with van der Waals surface area (Å²) in [6.07, 6.45) is 6.88. The van der Waals surface area contributed by atoms with Gasteiger partial charge in [0.15, 0.2) is 0 Å². The van der Waals surface area contributed by atoms with Gasteiger partial charge >= 0.3 is 0 Å². The monoisotopic (exact) mass is 327 g/mol. The van der Waals surface area contributed by atoms with Gasteiger partial charge in [-0.25, -0.2) is 9.97 Å². The number of piperidine rings is 1. The van der Waals surface area contributed by atoms with Gasteiger partial charge in [-0.1, -0.05) is 0 Å². The van der Waals surface area contributed by atoms with Crippen molar-refractivity contribution in [1.29, 1.82) is 0 Å². The molecule has 3 rings (SSSR count). The molecule has 1 saturated heterocycles. The molecule has 1 aliphatic heterocycles. The number of anilines is 1. The number of hydrogen-bond donors (Lipinski definition) is 1. The first-order valence-electron chi connectivity index (χ1n) is 8.16. The van der Waals surface area contributed by atoms with E-state index in [0.717, 1.165) is 31.6 Å². The van der Waals surface area contributed by atoms with Crippen molar-refractivity contribution in [1.82, 2.24) is 19.9 Å². The molecule has 0 bridgehead atoms. The highest BCUT2D eigenvalue weighted by molar-refractivity contribution is 5.93. The molecule has 0 spiro atoms. The largest absolute Gasteiger partial charge is 0.346 e. The molecule has 0 atom stereocenters. The SMILES string of the molecule is Cn1cccc(C(=O)NCc2ccnc(N3CCCCC3)n2)c1=O. The number of nitrogens with zero attached hydrogens (tertiary/aromatic N) is 4. The summed E-state index contributed by atoms with van der Waals surface area (Å²) in [4.78, 5) is 35.2. The molecule has 1 fully saturated rings. The van der Waals surface area contributed by atoms with E-state index in [1.807, 2.05) is 0 Å². The first-order valence-corrected chi connectivity index (χ1v) is 8.16. The van der Waals surface area contributed by atoms with E-state index < -0.39 is 5.91 Å². The lowest BCUT2D eigenvalue weighted by Crippen LogP contribution is -2.33. The molecule has 0 aliphatic carbocycles. The Labute approximate surface area is 140 Å². The molecule has 126 valence electrons. The van der Waals surface area contributed by atoms with Crippen LogP contribution in [0.5, 0.6) is 0 Å². The summed E-state index contributed by atoms with van der Waals surface area (Å²) in [5.41, 5.74) is 0.545. The van der Waals surface area contributed by atoms with E-state index in [0.29, 0.717) is 5.95 Å². The summed E-state index contributed by atoms with van der Waals surface area (Å²) >= 11 is 0. The molecule has 0 saturated carbocycles. The van der Waals surface area contributed by atoms with Crippen molar-refractivity contribution in [2.24, 2.45) is 7.05 Å². The van der Waals surface area contributed by atoms with E-state index in [1.165, 1.54) is 17.1 Å². The summed E-state index contributed by atoms with van der Waals surface area (Å²) in [7, 11) is 1.62.